The fraction of sp³-hybridized carbons (Fsp3) is 0.571. The molecule has 4 N–H and O–H groups in total. The first-order chi connectivity index (χ1) is 11.0. The van der Waals surface area contributed by atoms with E-state index in [9.17, 15) is 4.79 Å². The number of anilines is 2. The van der Waals surface area contributed by atoms with Gasteiger partial charge in [-0.1, -0.05) is 11.3 Å². The van der Waals surface area contributed by atoms with Crippen molar-refractivity contribution in [1.82, 2.24) is 25.3 Å². The Morgan fingerprint density at radius 3 is 2.96 bits per heavy atom. The molecule has 0 bridgehead atoms. The van der Waals surface area contributed by atoms with Gasteiger partial charge in [0.25, 0.3) is 0 Å². The molecule has 1 aliphatic rings. The van der Waals surface area contributed by atoms with Crippen LogP contribution in [0, 0.1) is 12.8 Å². The van der Waals surface area contributed by atoms with E-state index in [0.29, 0.717) is 30.1 Å². The van der Waals surface area contributed by atoms with Gasteiger partial charge in [-0.2, -0.15) is 5.10 Å². The summed E-state index contributed by atoms with van der Waals surface area (Å²) in [6.07, 6.45) is 3.08. The summed E-state index contributed by atoms with van der Waals surface area (Å²) in [7, 11) is 0. The standard InChI is InChI=1S/C14H21N7OS/c1-8-7-11(21(20-8)9(2)10-3-4-10)17-14(22)16-6-5-12-18-19-13(15)23-12/h7,9-10H,3-6H2,1-2H3,(H2,15,19)(H2,16,17,22). The number of nitrogens with two attached hydrogens (primary N) is 1. The highest BCUT2D eigenvalue weighted by molar-refractivity contribution is 7.15. The lowest BCUT2D eigenvalue weighted by Gasteiger charge is -2.15. The normalized spacial score (nSPS) is 15.4. The third-order valence-electron chi connectivity index (χ3n) is 3.90. The average molecular weight is 335 g/mol. The van der Waals surface area contributed by atoms with Crippen LogP contribution in [-0.4, -0.2) is 32.6 Å². The molecule has 2 aromatic rings. The van der Waals surface area contributed by atoms with E-state index in [1.165, 1.54) is 24.2 Å². The van der Waals surface area contributed by atoms with Crippen LogP contribution in [0.1, 0.15) is 36.5 Å². The topological polar surface area (TPSA) is 111 Å². The van der Waals surface area contributed by atoms with Crippen molar-refractivity contribution in [2.75, 3.05) is 17.6 Å². The maximum Gasteiger partial charge on any atom is 0.320 e. The van der Waals surface area contributed by atoms with Gasteiger partial charge < -0.3 is 11.1 Å². The van der Waals surface area contributed by atoms with Gasteiger partial charge in [0.1, 0.15) is 10.8 Å². The summed E-state index contributed by atoms with van der Waals surface area (Å²) in [5.74, 6) is 1.40. The lowest BCUT2D eigenvalue weighted by atomic mass is 10.2. The number of aromatic nitrogens is 4. The van der Waals surface area contributed by atoms with Crippen molar-refractivity contribution >= 4 is 28.3 Å². The van der Waals surface area contributed by atoms with Gasteiger partial charge in [0, 0.05) is 19.0 Å². The molecule has 0 saturated heterocycles. The van der Waals surface area contributed by atoms with E-state index in [-0.39, 0.29) is 6.03 Å². The zero-order chi connectivity index (χ0) is 16.4. The van der Waals surface area contributed by atoms with Crippen LogP contribution in [0.2, 0.25) is 0 Å². The largest absolute Gasteiger partial charge is 0.374 e. The van der Waals surface area contributed by atoms with Crippen molar-refractivity contribution < 1.29 is 4.79 Å². The molecule has 0 spiro atoms. The number of carbonyl (C=O) groups excluding carboxylic acids is 1. The molecule has 0 aromatic carbocycles. The van der Waals surface area contributed by atoms with Crippen molar-refractivity contribution in [1.29, 1.82) is 0 Å². The summed E-state index contributed by atoms with van der Waals surface area (Å²) in [5, 5.41) is 19.1. The van der Waals surface area contributed by atoms with Crippen molar-refractivity contribution in [2.24, 2.45) is 5.92 Å². The number of nitrogen functional groups attached to an aromatic ring is 1. The Hall–Kier alpha value is -2.16. The number of nitrogens with one attached hydrogen (secondary N) is 2. The summed E-state index contributed by atoms with van der Waals surface area (Å²) >= 11 is 1.33. The molecule has 0 aliphatic heterocycles. The Morgan fingerprint density at radius 1 is 1.52 bits per heavy atom. The van der Waals surface area contributed by atoms with Gasteiger partial charge in [0.05, 0.1) is 11.7 Å². The molecule has 3 rings (SSSR count). The maximum absolute atomic E-state index is 12.1. The first-order valence-corrected chi connectivity index (χ1v) is 8.53. The number of aryl methyl sites for hydroxylation is 1. The van der Waals surface area contributed by atoms with Crippen LogP contribution in [-0.2, 0) is 6.42 Å². The predicted molar refractivity (Wildman–Crippen MR) is 89.4 cm³/mol. The SMILES string of the molecule is Cc1cc(NC(=O)NCCc2nnc(N)s2)n(C(C)C2CC2)n1. The third-order valence-corrected chi connectivity index (χ3v) is 4.71. The molecule has 2 heterocycles. The molecule has 1 atom stereocenters. The molecule has 2 aromatic heterocycles. The van der Waals surface area contributed by atoms with E-state index in [1.807, 2.05) is 17.7 Å². The number of nitrogens with zero attached hydrogens (tertiary/aromatic N) is 4. The summed E-state index contributed by atoms with van der Waals surface area (Å²) in [6.45, 7) is 4.55. The second-order valence-electron chi connectivity index (χ2n) is 5.86. The first kappa shape index (κ1) is 15.7. The fourth-order valence-electron chi connectivity index (χ4n) is 2.51. The molecule has 1 fully saturated rings. The van der Waals surface area contributed by atoms with E-state index in [2.05, 4.69) is 32.9 Å². The zero-order valence-electron chi connectivity index (χ0n) is 13.2. The van der Waals surface area contributed by atoms with E-state index < -0.39 is 0 Å². The quantitative estimate of drug-likeness (QED) is 0.747. The van der Waals surface area contributed by atoms with Gasteiger partial charge in [0.2, 0.25) is 5.13 Å². The zero-order valence-corrected chi connectivity index (χ0v) is 14.1. The van der Waals surface area contributed by atoms with Crippen molar-refractivity contribution in [3.63, 3.8) is 0 Å². The smallest absolute Gasteiger partial charge is 0.320 e. The Labute approximate surface area is 138 Å². The minimum Gasteiger partial charge on any atom is -0.374 e. The second-order valence-corrected chi connectivity index (χ2v) is 6.95. The van der Waals surface area contributed by atoms with Crippen molar-refractivity contribution in [3.8, 4) is 0 Å². The van der Waals surface area contributed by atoms with Crippen LogP contribution in [0.25, 0.3) is 0 Å². The number of amides is 2. The Kier molecular flexibility index (Phi) is 4.46. The van der Waals surface area contributed by atoms with Crippen LogP contribution < -0.4 is 16.4 Å². The summed E-state index contributed by atoms with van der Waals surface area (Å²) in [4.78, 5) is 12.1. The number of hydrogen-bond acceptors (Lipinski definition) is 6. The maximum atomic E-state index is 12.1. The lowest BCUT2D eigenvalue weighted by Crippen LogP contribution is -2.31. The molecule has 1 saturated carbocycles. The van der Waals surface area contributed by atoms with E-state index in [1.54, 1.807) is 0 Å². The van der Waals surface area contributed by atoms with Crippen LogP contribution in [0.3, 0.4) is 0 Å². The number of carbonyl (C=O) groups is 1. The lowest BCUT2D eigenvalue weighted by molar-refractivity contribution is 0.252. The van der Waals surface area contributed by atoms with Crippen LogP contribution in [0.4, 0.5) is 15.7 Å². The molecule has 2 amide bonds. The highest BCUT2D eigenvalue weighted by atomic mass is 32.1. The summed E-state index contributed by atoms with van der Waals surface area (Å²) < 4.78 is 1.91. The van der Waals surface area contributed by atoms with Crippen molar-refractivity contribution in [2.45, 2.75) is 39.2 Å². The highest BCUT2D eigenvalue weighted by Crippen LogP contribution is 2.40. The van der Waals surface area contributed by atoms with Crippen LogP contribution in [0.5, 0.6) is 0 Å². The predicted octanol–water partition coefficient (Wildman–Crippen LogP) is 1.96. The third kappa shape index (κ3) is 3.98. The number of hydrogen-bond donors (Lipinski definition) is 3. The van der Waals surface area contributed by atoms with Gasteiger partial charge in [-0.25, -0.2) is 9.48 Å². The number of rotatable bonds is 6. The Morgan fingerprint density at radius 2 is 2.30 bits per heavy atom. The average Bonchev–Trinajstić information content (AvgIpc) is 3.18. The molecule has 8 nitrogen and oxygen atoms in total. The highest BCUT2D eigenvalue weighted by Gasteiger charge is 2.31. The van der Waals surface area contributed by atoms with Gasteiger partial charge in [-0.3, -0.25) is 5.32 Å². The van der Waals surface area contributed by atoms with Gasteiger partial charge in [-0.15, -0.1) is 10.2 Å². The van der Waals surface area contributed by atoms with E-state index >= 15 is 0 Å². The summed E-state index contributed by atoms with van der Waals surface area (Å²) in [6, 6.07) is 1.96. The molecule has 9 heteroatoms. The molecule has 23 heavy (non-hydrogen) atoms. The van der Waals surface area contributed by atoms with E-state index in [0.717, 1.165) is 16.5 Å². The Balaban J connectivity index is 1.53. The fourth-order valence-corrected chi connectivity index (χ4v) is 3.12. The molecule has 124 valence electrons. The minimum absolute atomic E-state index is 0.244. The monoisotopic (exact) mass is 335 g/mol. The van der Waals surface area contributed by atoms with Gasteiger partial charge >= 0.3 is 6.03 Å². The van der Waals surface area contributed by atoms with E-state index in [4.69, 9.17) is 5.73 Å². The van der Waals surface area contributed by atoms with Crippen molar-refractivity contribution in [3.05, 3.63) is 16.8 Å². The first-order valence-electron chi connectivity index (χ1n) is 7.72. The molecule has 1 aliphatic carbocycles. The minimum atomic E-state index is -0.244. The van der Waals surface area contributed by atoms with Crippen LogP contribution >= 0.6 is 11.3 Å². The molecule has 1 unspecified atom stereocenters. The Bertz CT molecular complexity index is 691. The number of urea groups is 1. The molecular weight excluding hydrogens is 314 g/mol. The van der Waals surface area contributed by atoms with Gasteiger partial charge in [-0.05, 0) is 32.6 Å². The van der Waals surface area contributed by atoms with Crippen LogP contribution in [0.15, 0.2) is 6.07 Å². The van der Waals surface area contributed by atoms with Gasteiger partial charge in [0.15, 0.2) is 0 Å². The molecular formula is C14H21N7OS. The molecule has 0 radical (unpaired) electrons. The second kappa shape index (κ2) is 6.53. The summed E-state index contributed by atoms with van der Waals surface area (Å²) in [5.41, 5.74) is 6.42.